The molecule has 4 heteroatoms. The van der Waals surface area contributed by atoms with Crippen LogP contribution in [0.25, 0.3) is 0 Å². The van der Waals surface area contributed by atoms with Gasteiger partial charge < -0.3 is 15.8 Å². The van der Waals surface area contributed by atoms with Crippen LogP contribution in [0.4, 0.5) is 0 Å². The SMILES string of the molecule is NCCCC(=O)NCC1CCCO1. The lowest BCUT2D eigenvalue weighted by Gasteiger charge is -2.10. The predicted molar refractivity (Wildman–Crippen MR) is 50.3 cm³/mol. The van der Waals surface area contributed by atoms with Crippen molar-refractivity contribution < 1.29 is 9.53 Å². The van der Waals surface area contributed by atoms with Gasteiger partial charge in [-0.05, 0) is 25.8 Å². The van der Waals surface area contributed by atoms with Crippen LogP contribution in [-0.2, 0) is 9.53 Å². The smallest absolute Gasteiger partial charge is 0.220 e. The van der Waals surface area contributed by atoms with Crippen LogP contribution in [0.2, 0.25) is 0 Å². The summed E-state index contributed by atoms with van der Waals surface area (Å²) in [6, 6.07) is 0. The number of ether oxygens (including phenoxy) is 1. The van der Waals surface area contributed by atoms with Gasteiger partial charge in [0.05, 0.1) is 6.10 Å². The highest BCUT2D eigenvalue weighted by molar-refractivity contribution is 5.75. The first-order valence-electron chi connectivity index (χ1n) is 4.91. The molecule has 76 valence electrons. The van der Waals surface area contributed by atoms with Gasteiger partial charge in [-0.15, -0.1) is 0 Å². The van der Waals surface area contributed by atoms with E-state index in [1.807, 2.05) is 0 Å². The van der Waals surface area contributed by atoms with Gasteiger partial charge in [0, 0.05) is 19.6 Å². The average molecular weight is 186 g/mol. The fraction of sp³-hybridized carbons (Fsp3) is 0.889. The molecule has 1 heterocycles. The van der Waals surface area contributed by atoms with Crippen LogP contribution in [0.3, 0.4) is 0 Å². The number of carbonyl (C=O) groups is 1. The minimum atomic E-state index is 0.0842. The molecular formula is C9H18N2O2. The molecule has 3 N–H and O–H groups in total. The summed E-state index contributed by atoms with van der Waals surface area (Å²) in [4.78, 5) is 11.1. The predicted octanol–water partition coefficient (Wildman–Crippen LogP) is 0.0205. The third kappa shape index (κ3) is 4.24. The zero-order valence-electron chi connectivity index (χ0n) is 7.92. The molecular weight excluding hydrogens is 168 g/mol. The van der Waals surface area contributed by atoms with Gasteiger partial charge in [-0.1, -0.05) is 0 Å². The number of amides is 1. The summed E-state index contributed by atoms with van der Waals surface area (Å²) >= 11 is 0. The van der Waals surface area contributed by atoms with Crippen molar-refractivity contribution in [3.05, 3.63) is 0 Å². The van der Waals surface area contributed by atoms with Crippen LogP contribution in [0.1, 0.15) is 25.7 Å². The molecule has 1 aliphatic heterocycles. The Balaban J connectivity index is 2.00. The van der Waals surface area contributed by atoms with Crippen LogP contribution in [0.15, 0.2) is 0 Å². The Bertz CT molecular complexity index is 156. The Morgan fingerprint density at radius 3 is 3.08 bits per heavy atom. The zero-order valence-corrected chi connectivity index (χ0v) is 7.92. The lowest BCUT2D eigenvalue weighted by atomic mass is 10.2. The largest absolute Gasteiger partial charge is 0.376 e. The molecule has 4 nitrogen and oxygen atoms in total. The van der Waals surface area contributed by atoms with Crippen molar-refractivity contribution in [3.8, 4) is 0 Å². The number of hydrogen-bond donors (Lipinski definition) is 2. The molecule has 0 radical (unpaired) electrons. The Hall–Kier alpha value is -0.610. The van der Waals surface area contributed by atoms with Crippen molar-refractivity contribution in [3.63, 3.8) is 0 Å². The summed E-state index contributed by atoms with van der Waals surface area (Å²) in [6.45, 7) is 2.07. The van der Waals surface area contributed by atoms with Gasteiger partial charge in [0.25, 0.3) is 0 Å². The summed E-state index contributed by atoms with van der Waals surface area (Å²) in [7, 11) is 0. The fourth-order valence-corrected chi connectivity index (χ4v) is 1.38. The van der Waals surface area contributed by atoms with Crippen molar-refractivity contribution >= 4 is 5.91 Å². The fourth-order valence-electron chi connectivity index (χ4n) is 1.38. The van der Waals surface area contributed by atoms with Gasteiger partial charge in [0.2, 0.25) is 5.91 Å². The summed E-state index contributed by atoms with van der Waals surface area (Å²) in [5, 5.41) is 2.84. The molecule has 0 aromatic heterocycles. The lowest BCUT2D eigenvalue weighted by Crippen LogP contribution is -2.31. The molecule has 1 fully saturated rings. The molecule has 1 atom stereocenters. The lowest BCUT2D eigenvalue weighted by molar-refractivity contribution is -0.121. The molecule has 13 heavy (non-hydrogen) atoms. The van der Waals surface area contributed by atoms with E-state index in [-0.39, 0.29) is 12.0 Å². The van der Waals surface area contributed by atoms with Gasteiger partial charge in [-0.25, -0.2) is 0 Å². The van der Waals surface area contributed by atoms with E-state index in [0.717, 1.165) is 25.9 Å². The normalized spacial score (nSPS) is 21.8. The highest BCUT2D eigenvalue weighted by atomic mass is 16.5. The van der Waals surface area contributed by atoms with Crippen molar-refractivity contribution in [2.75, 3.05) is 19.7 Å². The molecule has 1 aliphatic rings. The first-order chi connectivity index (χ1) is 6.33. The van der Waals surface area contributed by atoms with Crippen LogP contribution in [0, 0.1) is 0 Å². The number of rotatable bonds is 5. The number of carbonyl (C=O) groups excluding carboxylic acids is 1. The van der Waals surface area contributed by atoms with Gasteiger partial charge in [-0.3, -0.25) is 4.79 Å². The quantitative estimate of drug-likeness (QED) is 0.636. The Kier molecular flexibility index (Phi) is 4.78. The molecule has 0 saturated carbocycles. The molecule has 0 aromatic carbocycles. The van der Waals surface area contributed by atoms with E-state index in [9.17, 15) is 4.79 Å². The summed E-state index contributed by atoms with van der Waals surface area (Å²) < 4.78 is 5.37. The number of nitrogens with one attached hydrogen (secondary N) is 1. The van der Waals surface area contributed by atoms with Crippen molar-refractivity contribution in [2.24, 2.45) is 5.73 Å². The van der Waals surface area contributed by atoms with Gasteiger partial charge in [0.15, 0.2) is 0 Å². The van der Waals surface area contributed by atoms with E-state index < -0.39 is 0 Å². The molecule has 0 spiro atoms. The molecule has 1 saturated heterocycles. The van der Waals surface area contributed by atoms with Gasteiger partial charge in [0.1, 0.15) is 0 Å². The standard InChI is InChI=1S/C9H18N2O2/c10-5-1-4-9(12)11-7-8-3-2-6-13-8/h8H,1-7,10H2,(H,11,12). The Labute approximate surface area is 78.8 Å². The second-order valence-corrected chi connectivity index (χ2v) is 3.33. The van der Waals surface area contributed by atoms with E-state index in [2.05, 4.69) is 5.32 Å². The third-order valence-corrected chi connectivity index (χ3v) is 2.16. The molecule has 0 aliphatic carbocycles. The topological polar surface area (TPSA) is 64.4 Å². The van der Waals surface area contributed by atoms with E-state index >= 15 is 0 Å². The minimum absolute atomic E-state index is 0.0842. The highest BCUT2D eigenvalue weighted by Gasteiger charge is 2.15. The maximum atomic E-state index is 11.1. The van der Waals surface area contributed by atoms with Crippen LogP contribution < -0.4 is 11.1 Å². The molecule has 0 aromatic rings. The first-order valence-corrected chi connectivity index (χ1v) is 4.91. The second-order valence-electron chi connectivity index (χ2n) is 3.33. The second kappa shape index (κ2) is 5.94. The zero-order chi connectivity index (χ0) is 9.52. The van der Waals surface area contributed by atoms with E-state index in [1.165, 1.54) is 0 Å². The third-order valence-electron chi connectivity index (χ3n) is 2.16. The van der Waals surface area contributed by atoms with Crippen LogP contribution in [-0.4, -0.2) is 31.7 Å². The van der Waals surface area contributed by atoms with Crippen molar-refractivity contribution in [2.45, 2.75) is 31.8 Å². The van der Waals surface area contributed by atoms with E-state index in [1.54, 1.807) is 0 Å². The summed E-state index contributed by atoms with van der Waals surface area (Å²) in [5.41, 5.74) is 5.29. The van der Waals surface area contributed by atoms with Crippen molar-refractivity contribution in [1.29, 1.82) is 0 Å². The molecule has 1 amide bonds. The summed E-state index contributed by atoms with van der Waals surface area (Å²) in [5.74, 6) is 0.0842. The van der Waals surface area contributed by atoms with Crippen LogP contribution >= 0.6 is 0 Å². The first kappa shape index (κ1) is 10.5. The van der Waals surface area contributed by atoms with Crippen LogP contribution in [0.5, 0.6) is 0 Å². The Morgan fingerprint density at radius 1 is 1.62 bits per heavy atom. The van der Waals surface area contributed by atoms with E-state index in [4.69, 9.17) is 10.5 Å². The molecule has 0 bridgehead atoms. The molecule has 1 unspecified atom stereocenters. The highest BCUT2D eigenvalue weighted by Crippen LogP contribution is 2.10. The maximum absolute atomic E-state index is 11.1. The number of hydrogen-bond acceptors (Lipinski definition) is 3. The summed E-state index contributed by atoms with van der Waals surface area (Å²) in [6.07, 6.45) is 3.71. The maximum Gasteiger partial charge on any atom is 0.220 e. The van der Waals surface area contributed by atoms with E-state index in [0.29, 0.717) is 19.5 Å². The van der Waals surface area contributed by atoms with Gasteiger partial charge >= 0.3 is 0 Å². The molecule has 1 rings (SSSR count). The minimum Gasteiger partial charge on any atom is -0.376 e. The monoisotopic (exact) mass is 186 g/mol. The van der Waals surface area contributed by atoms with Crippen molar-refractivity contribution in [1.82, 2.24) is 5.32 Å². The van der Waals surface area contributed by atoms with Gasteiger partial charge in [-0.2, -0.15) is 0 Å². The Morgan fingerprint density at radius 2 is 2.46 bits per heavy atom. The number of nitrogens with two attached hydrogens (primary N) is 1. The average Bonchev–Trinajstić information content (AvgIpc) is 2.64.